The maximum Gasteiger partial charge on any atom is 0.251 e. The Bertz CT molecular complexity index is 833. The molecule has 2 amide bonds. The Hall–Kier alpha value is -2.86. The number of carbonyl (C=O) groups excluding carboxylic acids is 2. The van der Waals surface area contributed by atoms with E-state index in [9.17, 15) is 9.59 Å². The zero-order valence-corrected chi connectivity index (χ0v) is 16.4. The summed E-state index contributed by atoms with van der Waals surface area (Å²) in [6.07, 6.45) is 1.52. The molecule has 0 bridgehead atoms. The summed E-state index contributed by atoms with van der Waals surface area (Å²) in [6, 6.07) is 13.1. The van der Waals surface area contributed by atoms with Gasteiger partial charge in [0, 0.05) is 42.9 Å². The van der Waals surface area contributed by atoms with Crippen LogP contribution < -0.4 is 15.0 Å². The van der Waals surface area contributed by atoms with Crippen molar-refractivity contribution in [2.24, 2.45) is 0 Å². The lowest BCUT2D eigenvalue weighted by atomic mass is 10.1. The predicted molar refractivity (Wildman–Crippen MR) is 108 cm³/mol. The van der Waals surface area contributed by atoms with Crippen molar-refractivity contribution in [2.75, 3.05) is 25.2 Å². The average Bonchev–Trinajstić information content (AvgIpc) is 3.16. The summed E-state index contributed by atoms with van der Waals surface area (Å²) in [4.78, 5) is 26.1. The minimum Gasteiger partial charge on any atom is -0.496 e. The number of nitrogens with one attached hydrogen (secondary N) is 1. The molecule has 1 aliphatic heterocycles. The van der Waals surface area contributed by atoms with Crippen molar-refractivity contribution in [3.05, 3.63) is 59.2 Å². The van der Waals surface area contributed by atoms with E-state index in [1.807, 2.05) is 31.2 Å². The standard InChI is InChI=1S/C22H26N2O4/c1-3-28-15-18-13-17(8-11-20(18)27-2)22(26)23-14-16-6-9-19(10-7-16)24-12-4-5-21(24)25/h6-11,13H,3-5,12,14-15H2,1-2H3,(H,23,26). The Kier molecular flexibility index (Phi) is 6.66. The molecule has 0 atom stereocenters. The third kappa shape index (κ3) is 4.70. The van der Waals surface area contributed by atoms with Crippen LogP contribution in [0.15, 0.2) is 42.5 Å². The number of nitrogens with zero attached hydrogens (tertiary/aromatic N) is 1. The van der Waals surface area contributed by atoms with Gasteiger partial charge in [0.05, 0.1) is 13.7 Å². The summed E-state index contributed by atoms with van der Waals surface area (Å²) in [5, 5.41) is 2.93. The van der Waals surface area contributed by atoms with Gasteiger partial charge >= 0.3 is 0 Å². The van der Waals surface area contributed by atoms with Crippen LogP contribution in [0.2, 0.25) is 0 Å². The van der Waals surface area contributed by atoms with Crippen LogP contribution in [0.25, 0.3) is 0 Å². The van der Waals surface area contributed by atoms with Gasteiger partial charge in [-0.1, -0.05) is 12.1 Å². The number of benzene rings is 2. The van der Waals surface area contributed by atoms with Gasteiger partial charge in [-0.25, -0.2) is 0 Å². The number of anilines is 1. The van der Waals surface area contributed by atoms with Gasteiger partial charge in [-0.3, -0.25) is 9.59 Å². The second kappa shape index (κ2) is 9.37. The van der Waals surface area contributed by atoms with Crippen molar-refractivity contribution >= 4 is 17.5 Å². The maximum absolute atomic E-state index is 12.5. The summed E-state index contributed by atoms with van der Waals surface area (Å²) in [5.74, 6) is 0.722. The molecular formula is C22H26N2O4. The molecule has 0 spiro atoms. The van der Waals surface area contributed by atoms with Crippen LogP contribution in [0.3, 0.4) is 0 Å². The number of hydrogen-bond donors (Lipinski definition) is 1. The average molecular weight is 382 g/mol. The number of amides is 2. The molecule has 0 unspecified atom stereocenters. The van der Waals surface area contributed by atoms with Crippen LogP contribution in [-0.4, -0.2) is 32.1 Å². The molecule has 0 saturated carbocycles. The van der Waals surface area contributed by atoms with Crippen LogP contribution in [0.5, 0.6) is 5.75 Å². The normalized spacial score (nSPS) is 13.6. The lowest BCUT2D eigenvalue weighted by Crippen LogP contribution is -2.24. The van der Waals surface area contributed by atoms with E-state index in [-0.39, 0.29) is 11.8 Å². The van der Waals surface area contributed by atoms with E-state index in [0.29, 0.717) is 37.5 Å². The fourth-order valence-corrected chi connectivity index (χ4v) is 3.24. The summed E-state index contributed by atoms with van der Waals surface area (Å²) in [7, 11) is 1.60. The molecule has 3 rings (SSSR count). The van der Waals surface area contributed by atoms with Crippen LogP contribution in [0, 0.1) is 0 Å². The highest BCUT2D eigenvalue weighted by atomic mass is 16.5. The second-order valence-electron chi connectivity index (χ2n) is 6.66. The molecule has 1 heterocycles. The number of rotatable bonds is 8. The zero-order valence-electron chi connectivity index (χ0n) is 16.4. The topological polar surface area (TPSA) is 67.9 Å². The molecule has 1 aliphatic rings. The Morgan fingerprint density at radius 1 is 1.18 bits per heavy atom. The first-order chi connectivity index (χ1) is 13.6. The van der Waals surface area contributed by atoms with E-state index < -0.39 is 0 Å². The molecule has 0 aliphatic carbocycles. The Morgan fingerprint density at radius 2 is 1.96 bits per heavy atom. The van der Waals surface area contributed by atoms with Crippen molar-refractivity contribution in [3.63, 3.8) is 0 Å². The van der Waals surface area contributed by atoms with E-state index in [1.54, 1.807) is 30.2 Å². The van der Waals surface area contributed by atoms with Crippen molar-refractivity contribution in [2.45, 2.75) is 32.9 Å². The van der Waals surface area contributed by atoms with E-state index in [4.69, 9.17) is 9.47 Å². The van der Waals surface area contributed by atoms with Crippen molar-refractivity contribution in [3.8, 4) is 5.75 Å². The molecule has 6 heteroatoms. The molecule has 0 radical (unpaired) electrons. The SMILES string of the molecule is CCOCc1cc(C(=O)NCc2ccc(N3CCCC3=O)cc2)ccc1OC. The van der Waals surface area contributed by atoms with Crippen LogP contribution in [0.4, 0.5) is 5.69 Å². The van der Waals surface area contributed by atoms with Crippen LogP contribution >= 0.6 is 0 Å². The highest BCUT2D eigenvalue weighted by molar-refractivity contribution is 5.95. The number of carbonyl (C=O) groups is 2. The van der Waals surface area contributed by atoms with Crippen LogP contribution in [0.1, 0.15) is 41.3 Å². The van der Waals surface area contributed by atoms with E-state index in [0.717, 1.165) is 29.8 Å². The quantitative estimate of drug-likeness (QED) is 0.761. The van der Waals surface area contributed by atoms with Gasteiger partial charge in [0.15, 0.2) is 0 Å². The minimum absolute atomic E-state index is 0.154. The molecule has 1 fully saturated rings. The first kappa shape index (κ1) is 19.9. The lowest BCUT2D eigenvalue weighted by Gasteiger charge is -2.16. The molecule has 0 aromatic heterocycles. The van der Waals surface area contributed by atoms with Gasteiger partial charge in [0.2, 0.25) is 5.91 Å². The van der Waals surface area contributed by atoms with Gasteiger partial charge in [0.25, 0.3) is 5.91 Å². The minimum atomic E-state index is -0.154. The maximum atomic E-state index is 12.5. The van der Waals surface area contributed by atoms with Crippen LogP contribution in [-0.2, 0) is 22.7 Å². The first-order valence-electron chi connectivity index (χ1n) is 9.54. The zero-order chi connectivity index (χ0) is 19.9. The number of hydrogen-bond acceptors (Lipinski definition) is 4. The van der Waals surface area contributed by atoms with Gasteiger partial charge in [0.1, 0.15) is 5.75 Å². The monoisotopic (exact) mass is 382 g/mol. The molecule has 28 heavy (non-hydrogen) atoms. The van der Waals surface area contributed by atoms with Gasteiger partial charge < -0.3 is 19.7 Å². The molecular weight excluding hydrogens is 356 g/mol. The summed E-state index contributed by atoms with van der Waals surface area (Å²) < 4.78 is 10.8. The molecule has 2 aromatic rings. The Morgan fingerprint density at radius 3 is 2.61 bits per heavy atom. The lowest BCUT2D eigenvalue weighted by molar-refractivity contribution is -0.117. The van der Waals surface area contributed by atoms with Crippen molar-refractivity contribution < 1.29 is 19.1 Å². The largest absolute Gasteiger partial charge is 0.496 e. The third-order valence-corrected chi connectivity index (χ3v) is 4.78. The van der Waals surface area contributed by atoms with E-state index in [2.05, 4.69) is 5.32 Å². The third-order valence-electron chi connectivity index (χ3n) is 4.78. The van der Waals surface area contributed by atoms with Gasteiger partial charge in [-0.05, 0) is 49.2 Å². The molecule has 1 N–H and O–H groups in total. The highest BCUT2D eigenvalue weighted by Crippen LogP contribution is 2.22. The number of methoxy groups -OCH3 is 1. The predicted octanol–water partition coefficient (Wildman–Crippen LogP) is 3.29. The summed E-state index contributed by atoms with van der Waals surface area (Å²) in [5.41, 5.74) is 3.30. The number of ether oxygens (including phenoxy) is 2. The van der Waals surface area contributed by atoms with Gasteiger partial charge in [-0.15, -0.1) is 0 Å². The Labute approximate surface area is 165 Å². The molecule has 2 aromatic carbocycles. The Balaban J connectivity index is 1.61. The smallest absolute Gasteiger partial charge is 0.251 e. The fourth-order valence-electron chi connectivity index (χ4n) is 3.24. The molecule has 148 valence electrons. The van der Waals surface area contributed by atoms with Crippen molar-refractivity contribution in [1.29, 1.82) is 0 Å². The summed E-state index contributed by atoms with van der Waals surface area (Å²) in [6.45, 7) is 4.11. The van der Waals surface area contributed by atoms with Gasteiger partial charge in [-0.2, -0.15) is 0 Å². The summed E-state index contributed by atoms with van der Waals surface area (Å²) >= 11 is 0. The first-order valence-corrected chi connectivity index (χ1v) is 9.54. The fraction of sp³-hybridized carbons (Fsp3) is 0.364. The molecule has 6 nitrogen and oxygen atoms in total. The molecule has 1 saturated heterocycles. The van der Waals surface area contributed by atoms with E-state index in [1.165, 1.54) is 0 Å². The highest BCUT2D eigenvalue weighted by Gasteiger charge is 2.21. The van der Waals surface area contributed by atoms with E-state index >= 15 is 0 Å². The van der Waals surface area contributed by atoms with Crippen molar-refractivity contribution in [1.82, 2.24) is 5.32 Å². The second-order valence-corrected chi connectivity index (χ2v) is 6.66.